The first-order chi connectivity index (χ1) is 8.27. The highest BCUT2D eigenvalue weighted by Crippen LogP contribution is 2.25. The molecule has 3 heteroatoms. The molecule has 3 nitrogen and oxygen atoms in total. The second-order valence-electron chi connectivity index (χ2n) is 5.17. The third-order valence-electron chi connectivity index (χ3n) is 3.65. The van der Waals surface area contributed by atoms with E-state index in [1.165, 1.54) is 38.5 Å². The monoisotopic (exact) mass is 241 g/mol. The van der Waals surface area contributed by atoms with Gasteiger partial charge in [0.05, 0.1) is 6.61 Å². The molecule has 0 aromatic heterocycles. The summed E-state index contributed by atoms with van der Waals surface area (Å²) in [4.78, 5) is 13.9. The Labute approximate surface area is 105 Å². The van der Waals surface area contributed by atoms with Crippen LogP contribution in [0.3, 0.4) is 0 Å². The molecule has 0 aliphatic heterocycles. The number of carbonyl (C=O) groups is 1. The summed E-state index contributed by atoms with van der Waals surface area (Å²) in [5.41, 5.74) is 0. The van der Waals surface area contributed by atoms with Gasteiger partial charge in [0, 0.05) is 19.5 Å². The van der Waals surface area contributed by atoms with E-state index in [2.05, 4.69) is 6.92 Å². The van der Waals surface area contributed by atoms with Gasteiger partial charge in [-0.2, -0.15) is 0 Å². The number of hydrogen-bond acceptors (Lipinski definition) is 2. The van der Waals surface area contributed by atoms with Crippen molar-refractivity contribution in [3.63, 3.8) is 0 Å². The average Bonchev–Trinajstić information content (AvgIpc) is 2.57. The maximum atomic E-state index is 12.1. The van der Waals surface area contributed by atoms with Crippen LogP contribution in [-0.2, 0) is 4.79 Å². The molecule has 0 saturated heterocycles. The number of amides is 1. The van der Waals surface area contributed by atoms with E-state index in [0.717, 1.165) is 13.0 Å². The van der Waals surface area contributed by atoms with Crippen LogP contribution in [0.1, 0.15) is 58.3 Å². The summed E-state index contributed by atoms with van der Waals surface area (Å²) in [6, 6.07) is 0. The van der Waals surface area contributed by atoms with Crippen LogP contribution in [0.2, 0.25) is 0 Å². The molecule has 0 unspecified atom stereocenters. The second-order valence-corrected chi connectivity index (χ2v) is 5.17. The molecular weight excluding hydrogens is 214 g/mol. The number of aliphatic hydroxyl groups is 1. The van der Waals surface area contributed by atoms with E-state index in [9.17, 15) is 4.79 Å². The molecule has 0 radical (unpaired) electrons. The molecule has 100 valence electrons. The van der Waals surface area contributed by atoms with Crippen molar-refractivity contribution in [2.45, 2.75) is 58.3 Å². The topological polar surface area (TPSA) is 40.5 Å². The summed E-state index contributed by atoms with van der Waals surface area (Å²) in [7, 11) is 0. The molecule has 1 fully saturated rings. The van der Waals surface area contributed by atoms with Crippen LogP contribution in [0.25, 0.3) is 0 Å². The molecule has 1 saturated carbocycles. The molecular formula is C14H27NO2. The van der Waals surface area contributed by atoms with Crippen molar-refractivity contribution in [1.29, 1.82) is 0 Å². The highest BCUT2D eigenvalue weighted by atomic mass is 16.3. The zero-order valence-electron chi connectivity index (χ0n) is 11.2. The van der Waals surface area contributed by atoms with Gasteiger partial charge in [-0.15, -0.1) is 0 Å². The Kier molecular flexibility index (Phi) is 7.25. The van der Waals surface area contributed by atoms with Gasteiger partial charge in [-0.1, -0.05) is 32.6 Å². The van der Waals surface area contributed by atoms with Crippen LogP contribution in [0.15, 0.2) is 0 Å². The lowest BCUT2D eigenvalue weighted by atomic mass is 9.96. The molecule has 0 bridgehead atoms. The predicted octanol–water partition coefficient (Wildman–Crippen LogP) is 2.58. The van der Waals surface area contributed by atoms with Gasteiger partial charge in [0.2, 0.25) is 5.91 Å². The van der Waals surface area contributed by atoms with Gasteiger partial charge in [-0.25, -0.2) is 0 Å². The SMILES string of the molecule is CCCN(CCO)C(=O)CC1CCCCCC1. The van der Waals surface area contributed by atoms with E-state index >= 15 is 0 Å². The van der Waals surface area contributed by atoms with Crippen LogP contribution in [0.4, 0.5) is 0 Å². The smallest absolute Gasteiger partial charge is 0.222 e. The lowest BCUT2D eigenvalue weighted by Gasteiger charge is -2.23. The van der Waals surface area contributed by atoms with Crippen LogP contribution in [0.5, 0.6) is 0 Å². The summed E-state index contributed by atoms with van der Waals surface area (Å²) in [6.45, 7) is 3.44. The highest BCUT2D eigenvalue weighted by Gasteiger charge is 2.19. The van der Waals surface area contributed by atoms with Gasteiger partial charge in [0.25, 0.3) is 0 Å². The van der Waals surface area contributed by atoms with Gasteiger partial charge >= 0.3 is 0 Å². The van der Waals surface area contributed by atoms with Crippen LogP contribution in [0, 0.1) is 5.92 Å². The van der Waals surface area contributed by atoms with Crippen LogP contribution in [-0.4, -0.2) is 35.6 Å². The molecule has 1 aliphatic carbocycles. The zero-order chi connectivity index (χ0) is 12.5. The maximum Gasteiger partial charge on any atom is 0.222 e. The Hall–Kier alpha value is -0.570. The third kappa shape index (κ3) is 5.53. The molecule has 1 N–H and O–H groups in total. The number of aliphatic hydroxyl groups excluding tert-OH is 1. The lowest BCUT2D eigenvalue weighted by molar-refractivity contribution is -0.132. The summed E-state index contributed by atoms with van der Waals surface area (Å²) in [5.74, 6) is 0.829. The number of hydrogen-bond donors (Lipinski definition) is 1. The average molecular weight is 241 g/mol. The largest absolute Gasteiger partial charge is 0.395 e. The molecule has 0 spiro atoms. The minimum absolute atomic E-state index is 0.0798. The minimum atomic E-state index is 0.0798. The van der Waals surface area contributed by atoms with Crippen molar-refractivity contribution in [3.05, 3.63) is 0 Å². The fraction of sp³-hybridized carbons (Fsp3) is 0.929. The van der Waals surface area contributed by atoms with Gasteiger partial charge in [-0.05, 0) is 25.2 Å². The van der Waals surface area contributed by atoms with Crippen LogP contribution < -0.4 is 0 Å². The van der Waals surface area contributed by atoms with Gasteiger partial charge in [-0.3, -0.25) is 4.79 Å². The van der Waals surface area contributed by atoms with Gasteiger partial charge in [0.15, 0.2) is 0 Å². The van der Waals surface area contributed by atoms with Crippen molar-refractivity contribution in [2.75, 3.05) is 19.7 Å². The quantitative estimate of drug-likeness (QED) is 0.726. The zero-order valence-corrected chi connectivity index (χ0v) is 11.2. The summed E-state index contributed by atoms with van der Waals surface area (Å²) in [5, 5.41) is 8.97. The number of carbonyl (C=O) groups excluding carboxylic acids is 1. The normalized spacial score (nSPS) is 17.8. The summed E-state index contributed by atoms with van der Waals surface area (Å²) >= 11 is 0. The van der Waals surface area contributed by atoms with Gasteiger partial charge in [0.1, 0.15) is 0 Å². The minimum Gasteiger partial charge on any atom is -0.395 e. The molecule has 0 aromatic carbocycles. The first kappa shape index (κ1) is 14.5. The second kappa shape index (κ2) is 8.51. The van der Waals surface area contributed by atoms with Crippen molar-refractivity contribution < 1.29 is 9.90 Å². The molecule has 1 amide bonds. The third-order valence-corrected chi connectivity index (χ3v) is 3.65. The predicted molar refractivity (Wildman–Crippen MR) is 69.8 cm³/mol. The first-order valence-corrected chi connectivity index (χ1v) is 7.16. The Morgan fingerprint density at radius 2 is 1.82 bits per heavy atom. The maximum absolute atomic E-state index is 12.1. The molecule has 0 atom stereocenters. The van der Waals surface area contributed by atoms with E-state index in [-0.39, 0.29) is 12.5 Å². The van der Waals surface area contributed by atoms with E-state index in [1.807, 2.05) is 4.90 Å². The van der Waals surface area contributed by atoms with Crippen LogP contribution >= 0.6 is 0 Å². The molecule has 0 heterocycles. The Balaban J connectivity index is 2.38. The Morgan fingerprint density at radius 3 is 2.35 bits per heavy atom. The fourth-order valence-corrected chi connectivity index (χ4v) is 2.70. The molecule has 0 aromatic rings. The van der Waals surface area contributed by atoms with Crippen molar-refractivity contribution in [2.24, 2.45) is 5.92 Å². The van der Waals surface area contributed by atoms with E-state index < -0.39 is 0 Å². The van der Waals surface area contributed by atoms with Crippen molar-refractivity contribution in [1.82, 2.24) is 4.90 Å². The summed E-state index contributed by atoms with van der Waals surface area (Å²) < 4.78 is 0. The molecule has 1 aliphatic rings. The first-order valence-electron chi connectivity index (χ1n) is 7.16. The molecule has 17 heavy (non-hydrogen) atoms. The standard InChI is InChI=1S/C14H27NO2/c1-2-9-15(10-11-16)14(17)12-13-7-5-3-4-6-8-13/h13,16H,2-12H2,1H3. The number of rotatable bonds is 6. The van der Waals surface area contributed by atoms with Crippen molar-refractivity contribution >= 4 is 5.91 Å². The lowest BCUT2D eigenvalue weighted by Crippen LogP contribution is -2.35. The Bertz CT molecular complexity index is 204. The van der Waals surface area contributed by atoms with Gasteiger partial charge < -0.3 is 10.0 Å². The van der Waals surface area contributed by atoms with E-state index in [4.69, 9.17) is 5.11 Å². The number of nitrogens with zero attached hydrogens (tertiary/aromatic N) is 1. The highest BCUT2D eigenvalue weighted by molar-refractivity contribution is 5.76. The fourth-order valence-electron chi connectivity index (χ4n) is 2.70. The Morgan fingerprint density at radius 1 is 1.18 bits per heavy atom. The summed E-state index contributed by atoms with van der Waals surface area (Å²) in [6.07, 6.45) is 9.32. The van der Waals surface area contributed by atoms with E-state index in [1.54, 1.807) is 0 Å². The van der Waals surface area contributed by atoms with E-state index in [0.29, 0.717) is 18.9 Å². The molecule has 1 rings (SSSR count). The van der Waals surface area contributed by atoms with Crippen molar-refractivity contribution in [3.8, 4) is 0 Å².